The second kappa shape index (κ2) is 7.65. The summed E-state index contributed by atoms with van der Waals surface area (Å²) < 4.78 is 5.99. The van der Waals surface area contributed by atoms with Gasteiger partial charge >= 0.3 is 5.97 Å². The van der Waals surface area contributed by atoms with Crippen molar-refractivity contribution in [1.82, 2.24) is 10.2 Å². The van der Waals surface area contributed by atoms with Crippen LogP contribution in [0.3, 0.4) is 0 Å². The van der Waals surface area contributed by atoms with Crippen molar-refractivity contribution in [1.29, 1.82) is 0 Å². The zero-order valence-corrected chi connectivity index (χ0v) is 19.6. The Balaban J connectivity index is 0.00000106. The minimum atomic E-state index is -0.360. The van der Waals surface area contributed by atoms with Crippen molar-refractivity contribution in [3.63, 3.8) is 0 Å². The van der Waals surface area contributed by atoms with Gasteiger partial charge in [0.2, 0.25) is 0 Å². The number of carbonyl (C=O) groups is 1. The number of aromatic amines is 1. The Morgan fingerprint density at radius 3 is 2.63 bits per heavy atom. The first kappa shape index (κ1) is 21.9. The van der Waals surface area contributed by atoms with E-state index in [2.05, 4.69) is 37.2 Å². The van der Waals surface area contributed by atoms with Crippen LogP contribution in [0.25, 0.3) is 0 Å². The monoisotopic (exact) mass is 415 g/mol. The van der Waals surface area contributed by atoms with Gasteiger partial charge in [-0.3, -0.25) is 9.89 Å². The Bertz CT molecular complexity index is 791. The van der Waals surface area contributed by atoms with E-state index in [0.717, 1.165) is 30.6 Å². The number of aromatic nitrogens is 2. The lowest BCUT2D eigenvalue weighted by atomic mass is 9.44. The minimum absolute atomic E-state index is 0.0187. The Morgan fingerprint density at radius 1 is 1.17 bits per heavy atom. The maximum Gasteiger partial charge on any atom is 0.320 e. The molecule has 0 bridgehead atoms. The van der Waals surface area contributed by atoms with Crippen molar-refractivity contribution >= 4 is 5.97 Å². The minimum Gasteiger partial charge on any atom is -0.458 e. The van der Waals surface area contributed by atoms with Gasteiger partial charge in [0, 0.05) is 11.1 Å². The fraction of sp³-hybridized carbons (Fsp3) is 0.840. The number of carbonyl (C=O) groups excluding carboxylic acids is 1. The molecule has 4 aliphatic carbocycles. The van der Waals surface area contributed by atoms with Crippen molar-refractivity contribution in [2.75, 3.05) is 6.54 Å². The predicted molar refractivity (Wildman–Crippen MR) is 119 cm³/mol. The van der Waals surface area contributed by atoms with E-state index >= 15 is 0 Å². The summed E-state index contributed by atoms with van der Waals surface area (Å²) in [7, 11) is 0. The number of nitrogens with zero attached hydrogens (tertiary/aromatic N) is 1. The van der Waals surface area contributed by atoms with Crippen LogP contribution < -0.4 is 5.73 Å². The van der Waals surface area contributed by atoms with Crippen LogP contribution in [0, 0.1) is 34.5 Å². The lowest BCUT2D eigenvalue weighted by Crippen LogP contribution is -2.57. The van der Waals surface area contributed by atoms with E-state index in [-0.39, 0.29) is 23.5 Å². The SMILES string of the molecule is CC.C[C@]12Cc3cn[nH]c3CC1CCC1C2CC[C@@]2(C)C1CC[C@]2(C)OC(=O)CN. The van der Waals surface area contributed by atoms with E-state index in [1.165, 1.54) is 49.8 Å². The van der Waals surface area contributed by atoms with E-state index in [1.54, 1.807) is 0 Å². The molecule has 30 heavy (non-hydrogen) atoms. The van der Waals surface area contributed by atoms with Crippen LogP contribution in [-0.2, 0) is 22.4 Å². The highest BCUT2D eigenvalue weighted by Gasteiger charge is 2.64. The zero-order chi connectivity index (χ0) is 21.7. The predicted octanol–water partition coefficient (Wildman–Crippen LogP) is 4.65. The molecule has 1 heterocycles. The number of H-pyrrole nitrogens is 1. The third-order valence-electron chi connectivity index (χ3n) is 9.93. The number of nitrogens with one attached hydrogen (secondary N) is 1. The second-order valence-corrected chi connectivity index (χ2v) is 10.8. The Labute approximate surface area is 181 Å². The molecule has 3 saturated carbocycles. The largest absolute Gasteiger partial charge is 0.458 e. The molecule has 0 aromatic carbocycles. The summed E-state index contributed by atoms with van der Waals surface area (Å²) in [6, 6.07) is 0. The van der Waals surface area contributed by atoms with Gasteiger partial charge in [-0.25, -0.2) is 0 Å². The average molecular weight is 416 g/mol. The first-order valence-corrected chi connectivity index (χ1v) is 12.2. The molecule has 5 heteroatoms. The number of hydrogen-bond donors (Lipinski definition) is 2. The Morgan fingerprint density at radius 2 is 1.90 bits per heavy atom. The molecule has 1 aromatic heterocycles. The highest BCUT2D eigenvalue weighted by atomic mass is 16.6. The van der Waals surface area contributed by atoms with Gasteiger partial charge in [-0.2, -0.15) is 5.10 Å². The van der Waals surface area contributed by atoms with E-state index in [9.17, 15) is 4.79 Å². The van der Waals surface area contributed by atoms with Gasteiger partial charge in [0.15, 0.2) is 0 Å². The molecule has 3 fully saturated rings. The van der Waals surface area contributed by atoms with Crippen LogP contribution in [0.15, 0.2) is 6.20 Å². The molecule has 5 nitrogen and oxygen atoms in total. The molecule has 0 radical (unpaired) electrons. The van der Waals surface area contributed by atoms with Gasteiger partial charge in [0.25, 0.3) is 0 Å². The van der Waals surface area contributed by atoms with Gasteiger partial charge in [-0.1, -0.05) is 27.7 Å². The molecule has 1 aromatic rings. The molecular formula is C25H41N3O2. The smallest absolute Gasteiger partial charge is 0.320 e. The van der Waals surface area contributed by atoms with Crippen molar-refractivity contribution in [2.45, 2.75) is 91.6 Å². The maximum atomic E-state index is 12.0. The van der Waals surface area contributed by atoms with Gasteiger partial charge in [-0.15, -0.1) is 0 Å². The first-order valence-electron chi connectivity index (χ1n) is 12.2. The van der Waals surface area contributed by atoms with Gasteiger partial charge in [0.05, 0.1) is 12.7 Å². The molecule has 168 valence electrons. The van der Waals surface area contributed by atoms with E-state index in [1.807, 2.05) is 13.8 Å². The highest BCUT2D eigenvalue weighted by molar-refractivity contribution is 5.72. The van der Waals surface area contributed by atoms with Crippen molar-refractivity contribution in [3.8, 4) is 0 Å². The van der Waals surface area contributed by atoms with E-state index < -0.39 is 0 Å². The summed E-state index contributed by atoms with van der Waals surface area (Å²) >= 11 is 0. The van der Waals surface area contributed by atoms with Crippen LogP contribution >= 0.6 is 0 Å². The summed E-state index contributed by atoms with van der Waals surface area (Å²) in [5.41, 5.74) is 8.49. The second-order valence-electron chi connectivity index (χ2n) is 10.8. The molecule has 5 rings (SSSR count). The summed E-state index contributed by atoms with van der Waals surface area (Å²) in [6.07, 6.45) is 11.6. The fourth-order valence-corrected chi connectivity index (χ4v) is 8.16. The molecule has 0 saturated heterocycles. The molecule has 0 aliphatic heterocycles. The van der Waals surface area contributed by atoms with Gasteiger partial charge in [0.1, 0.15) is 5.60 Å². The number of nitrogens with two attached hydrogens (primary N) is 1. The van der Waals surface area contributed by atoms with Gasteiger partial charge < -0.3 is 10.5 Å². The molecule has 0 amide bonds. The van der Waals surface area contributed by atoms with Crippen LogP contribution in [0.5, 0.6) is 0 Å². The number of hydrogen-bond acceptors (Lipinski definition) is 4. The number of esters is 1. The van der Waals surface area contributed by atoms with Crippen LogP contribution in [-0.4, -0.2) is 28.3 Å². The summed E-state index contributed by atoms with van der Waals surface area (Å²) in [5, 5.41) is 7.58. The normalized spacial score (nSPS) is 43.9. The highest BCUT2D eigenvalue weighted by Crippen LogP contribution is 2.68. The number of fused-ring (bicyclic) bond motifs is 6. The Kier molecular flexibility index (Phi) is 5.57. The van der Waals surface area contributed by atoms with E-state index in [4.69, 9.17) is 10.5 Å². The zero-order valence-electron chi connectivity index (χ0n) is 19.6. The average Bonchev–Trinajstić information content (AvgIpc) is 3.28. The third kappa shape index (κ3) is 2.98. The topological polar surface area (TPSA) is 81.0 Å². The molecule has 7 atom stereocenters. The standard InChI is InChI=1S/C23H35N3O2.C2H6/c1-21-11-14-13-25-26-19(14)10-15(21)4-5-16-17(21)6-8-22(2)18(16)7-9-23(22,3)28-20(27)12-24;1-2/h13,15-18H,4-12,24H2,1-3H3,(H,25,26);1-2H3/t15?,16?,17?,18?,21-,22-,23-;/m0./s1. The van der Waals surface area contributed by atoms with Gasteiger partial charge in [-0.05, 0) is 92.9 Å². The lowest BCUT2D eigenvalue weighted by molar-refractivity contribution is -0.182. The molecular weight excluding hydrogens is 374 g/mol. The third-order valence-corrected chi connectivity index (χ3v) is 9.93. The van der Waals surface area contributed by atoms with Crippen LogP contribution in [0.1, 0.15) is 84.4 Å². The fourth-order valence-electron chi connectivity index (χ4n) is 8.16. The van der Waals surface area contributed by atoms with Crippen LogP contribution in [0.2, 0.25) is 0 Å². The molecule has 3 N–H and O–H groups in total. The van der Waals surface area contributed by atoms with Crippen molar-refractivity contribution in [3.05, 3.63) is 17.5 Å². The molecule has 4 unspecified atom stereocenters. The number of ether oxygens (including phenoxy) is 1. The Hall–Kier alpha value is -1.36. The first-order chi connectivity index (χ1) is 14.3. The lowest BCUT2D eigenvalue weighted by Gasteiger charge is -2.61. The van der Waals surface area contributed by atoms with Crippen molar-refractivity contribution in [2.24, 2.45) is 40.2 Å². The maximum absolute atomic E-state index is 12.0. The summed E-state index contributed by atoms with van der Waals surface area (Å²) in [5.74, 6) is 2.72. The quantitative estimate of drug-likeness (QED) is 0.689. The van der Waals surface area contributed by atoms with Crippen molar-refractivity contribution < 1.29 is 9.53 Å². The number of rotatable bonds is 2. The molecule has 4 aliphatic rings. The summed E-state index contributed by atoms with van der Waals surface area (Å²) in [4.78, 5) is 12.0. The summed E-state index contributed by atoms with van der Waals surface area (Å²) in [6.45, 7) is 11.1. The van der Waals surface area contributed by atoms with Crippen LogP contribution in [0.4, 0.5) is 0 Å². The molecule has 0 spiro atoms. The van der Waals surface area contributed by atoms with E-state index in [0.29, 0.717) is 11.3 Å².